The highest BCUT2D eigenvalue weighted by atomic mass is 16.5. The molecule has 15 heavy (non-hydrogen) atoms. The van der Waals surface area contributed by atoms with E-state index in [4.69, 9.17) is 9.84 Å². The van der Waals surface area contributed by atoms with E-state index in [1.54, 1.807) is 6.92 Å². The van der Waals surface area contributed by atoms with Gasteiger partial charge in [-0.2, -0.15) is 0 Å². The van der Waals surface area contributed by atoms with Crippen molar-refractivity contribution in [1.29, 1.82) is 0 Å². The molecule has 0 amide bonds. The Morgan fingerprint density at radius 2 is 2.07 bits per heavy atom. The molecule has 1 aromatic carbocycles. The number of hydrogen-bond acceptors (Lipinski definition) is 3. The third-order valence-electron chi connectivity index (χ3n) is 2.12. The first-order valence-corrected chi connectivity index (χ1v) is 5.09. The van der Waals surface area contributed by atoms with Crippen LogP contribution in [0.15, 0.2) is 30.3 Å². The van der Waals surface area contributed by atoms with Crippen LogP contribution in [0.25, 0.3) is 0 Å². The number of aliphatic hydroxyl groups excluding tert-OH is 1. The summed E-state index contributed by atoms with van der Waals surface area (Å²) in [6.07, 6.45) is -0.103. The van der Waals surface area contributed by atoms with Gasteiger partial charge in [0.25, 0.3) is 0 Å². The van der Waals surface area contributed by atoms with Crippen LogP contribution in [0.2, 0.25) is 0 Å². The molecule has 0 heterocycles. The molecule has 0 aliphatic carbocycles. The summed E-state index contributed by atoms with van der Waals surface area (Å²) in [6, 6.07) is 9.34. The molecule has 82 valence electrons. The normalized spacial score (nSPS) is 12.4. The number of carbonyl (C=O) groups is 1. The fourth-order valence-corrected chi connectivity index (χ4v) is 1.36. The number of rotatable bonds is 6. The van der Waals surface area contributed by atoms with Crippen LogP contribution in [0, 0.1) is 0 Å². The monoisotopic (exact) mass is 208 g/mol. The summed E-state index contributed by atoms with van der Waals surface area (Å²) in [5, 5.41) is 8.68. The SMILES string of the molecule is CCC(=O)C(OCCO)c1ccccc1. The van der Waals surface area contributed by atoms with Gasteiger partial charge >= 0.3 is 0 Å². The summed E-state index contributed by atoms with van der Waals surface area (Å²) >= 11 is 0. The Kier molecular flexibility index (Phi) is 5.01. The molecule has 0 fully saturated rings. The molecule has 0 saturated carbocycles. The number of carbonyl (C=O) groups excluding carboxylic acids is 1. The Labute approximate surface area is 89.7 Å². The third-order valence-corrected chi connectivity index (χ3v) is 2.12. The molecular formula is C12H16O3. The maximum atomic E-state index is 11.6. The van der Waals surface area contributed by atoms with Crippen molar-refractivity contribution in [2.24, 2.45) is 0 Å². The average Bonchev–Trinajstić information content (AvgIpc) is 2.30. The van der Waals surface area contributed by atoms with Crippen molar-refractivity contribution in [2.45, 2.75) is 19.4 Å². The second-order valence-corrected chi connectivity index (χ2v) is 3.20. The Morgan fingerprint density at radius 1 is 1.40 bits per heavy atom. The minimum Gasteiger partial charge on any atom is -0.394 e. The molecule has 1 unspecified atom stereocenters. The van der Waals surface area contributed by atoms with E-state index in [9.17, 15) is 4.79 Å². The first-order valence-electron chi connectivity index (χ1n) is 5.09. The van der Waals surface area contributed by atoms with E-state index in [1.807, 2.05) is 30.3 Å². The van der Waals surface area contributed by atoms with Gasteiger partial charge in [0.1, 0.15) is 6.10 Å². The van der Waals surface area contributed by atoms with Crippen molar-refractivity contribution in [1.82, 2.24) is 0 Å². The van der Waals surface area contributed by atoms with E-state index in [2.05, 4.69) is 0 Å². The van der Waals surface area contributed by atoms with E-state index in [-0.39, 0.29) is 19.0 Å². The number of ether oxygens (including phenoxy) is 1. The summed E-state index contributed by atoms with van der Waals surface area (Å²) in [7, 11) is 0. The quantitative estimate of drug-likeness (QED) is 0.774. The van der Waals surface area contributed by atoms with E-state index in [1.165, 1.54) is 0 Å². The van der Waals surface area contributed by atoms with Crippen LogP contribution in [-0.4, -0.2) is 24.1 Å². The van der Waals surface area contributed by atoms with E-state index in [0.717, 1.165) is 5.56 Å². The van der Waals surface area contributed by atoms with Gasteiger partial charge in [0.05, 0.1) is 13.2 Å². The smallest absolute Gasteiger partial charge is 0.165 e. The third kappa shape index (κ3) is 3.46. The molecule has 0 aromatic heterocycles. The Balaban J connectivity index is 2.76. The van der Waals surface area contributed by atoms with Gasteiger partial charge in [0, 0.05) is 6.42 Å². The maximum absolute atomic E-state index is 11.6. The highest BCUT2D eigenvalue weighted by Crippen LogP contribution is 2.19. The second kappa shape index (κ2) is 6.32. The lowest BCUT2D eigenvalue weighted by atomic mass is 10.0. The highest BCUT2D eigenvalue weighted by molar-refractivity contribution is 5.84. The molecule has 0 aliphatic heterocycles. The van der Waals surface area contributed by atoms with Gasteiger partial charge in [-0.3, -0.25) is 4.79 Å². The maximum Gasteiger partial charge on any atom is 0.165 e. The van der Waals surface area contributed by atoms with Crippen LogP contribution in [0.4, 0.5) is 0 Å². The van der Waals surface area contributed by atoms with Crippen molar-refractivity contribution < 1.29 is 14.6 Å². The van der Waals surface area contributed by atoms with Crippen molar-refractivity contribution in [3.63, 3.8) is 0 Å². The first-order chi connectivity index (χ1) is 7.29. The van der Waals surface area contributed by atoms with Crippen LogP contribution in [0.3, 0.4) is 0 Å². The molecule has 0 spiro atoms. The molecule has 0 saturated heterocycles. The number of benzene rings is 1. The second-order valence-electron chi connectivity index (χ2n) is 3.20. The fraction of sp³-hybridized carbons (Fsp3) is 0.417. The Bertz CT molecular complexity index is 295. The Hall–Kier alpha value is -1.19. The summed E-state index contributed by atoms with van der Waals surface area (Å²) in [5.41, 5.74) is 0.845. The molecule has 0 radical (unpaired) electrons. The van der Waals surface area contributed by atoms with Gasteiger partial charge in [0.15, 0.2) is 5.78 Å². The lowest BCUT2D eigenvalue weighted by Crippen LogP contribution is -2.17. The Morgan fingerprint density at radius 3 is 2.60 bits per heavy atom. The topological polar surface area (TPSA) is 46.5 Å². The van der Waals surface area contributed by atoms with Gasteiger partial charge in [0.2, 0.25) is 0 Å². The molecule has 3 nitrogen and oxygen atoms in total. The van der Waals surface area contributed by atoms with E-state index in [0.29, 0.717) is 6.42 Å². The summed E-state index contributed by atoms with van der Waals surface area (Å²) in [6.45, 7) is 1.92. The van der Waals surface area contributed by atoms with Crippen molar-refractivity contribution >= 4 is 5.78 Å². The fourth-order valence-electron chi connectivity index (χ4n) is 1.36. The zero-order valence-corrected chi connectivity index (χ0v) is 8.85. The number of ketones is 1. The van der Waals surface area contributed by atoms with Crippen molar-refractivity contribution in [2.75, 3.05) is 13.2 Å². The molecule has 0 bridgehead atoms. The van der Waals surface area contributed by atoms with Gasteiger partial charge in [-0.25, -0.2) is 0 Å². The number of hydrogen-bond donors (Lipinski definition) is 1. The molecule has 1 rings (SSSR count). The standard InChI is InChI=1S/C12H16O3/c1-2-11(14)12(15-9-8-13)10-6-4-3-5-7-10/h3-7,12-13H,2,8-9H2,1H3. The summed E-state index contributed by atoms with van der Waals surface area (Å²) in [4.78, 5) is 11.6. The molecule has 3 heteroatoms. The highest BCUT2D eigenvalue weighted by Gasteiger charge is 2.18. The zero-order valence-electron chi connectivity index (χ0n) is 8.85. The lowest BCUT2D eigenvalue weighted by molar-refractivity contribution is -0.131. The number of aliphatic hydroxyl groups is 1. The van der Waals surface area contributed by atoms with Gasteiger partial charge in [-0.15, -0.1) is 0 Å². The predicted octanol–water partition coefficient (Wildman–Crippen LogP) is 1.72. The molecule has 1 N–H and O–H groups in total. The van der Waals surface area contributed by atoms with Crippen LogP contribution in [0.5, 0.6) is 0 Å². The van der Waals surface area contributed by atoms with E-state index >= 15 is 0 Å². The lowest BCUT2D eigenvalue weighted by Gasteiger charge is -2.15. The van der Waals surface area contributed by atoms with Gasteiger partial charge < -0.3 is 9.84 Å². The minimum absolute atomic E-state index is 0.0367. The summed E-state index contributed by atoms with van der Waals surface area (Å²) < 4.78 is 5.33. The minimum atomic E-state index is -0.539. The first kappa shape index (κ1) is 11.9. The van der Waals surface area contributed by atoms with Gasteiger partial charge in [-0.05, 0) is 5.56 Å². The van der Waals surface area contributed by atoms with Crippen molar-refractivity contribution in [3.05, 3.63) is 35.9 Å². The molecule has 0 aliphatic rings. The van der Waals surface area contributed by atoms with Crippen LogP contribution in [0.1, 0.15) is 25.0 Å². The zero-order chi connectivity index (χ0) is 11.1. The van der Waals surface area contributed by atoms with Crippen molar-refractivity contribution in [3.8, 4) is 0 Å². The van der Waals surface area contributed by atoms with Crippen LogP contribution in [-0.2, 0) is 9.53 Å². The van der Waals surface area contributed by atoms with Crippen LogP contribution >= 0.6 is 0 Å². The van der Waals surface area contributed by atoms with Gasteiger partial charge in [-0.1, -0.05) is 37.3 Å². The molecule has 1 aromatic rings. The average molecular weight is 208 g/mol. The molecule has 1 atom stereocenters. The van der Waals surface area contributed by atoms with E-state index < -0.39 is 6.10 Å². The number of Topliss-reactive ketones (excluding diaryl/α,β-unsaturated/α-hetero) is 1. The van der Waals surface area contributed by atoms with Crippen LogP contribution < -0.4 is 0 Å². The predicted molar refractivity (Wildman–Crippen MR) is 57.5 cm³/mol. The largest absolute Gasteiger partial charge is 0.394 e. The summed E-state index contributed by atoms with van der Waals surface area (Å²) in [5.74, 6) is 0.0367. The molecular weight excluding hydrogens is 192 g/mol.